The molecule has 0 saturated heterocycles. The number of nitro benzene ring substituents is 1. The van der Waals surface area contributed by atoms with Crippen LogP contribution in [0.4, 0.5) is 11.4 Å². The number of nitro groups is 1. The number of carbonyl (C=O) groups excluding carboxylic acids is 1. The van der Waals surface area contributed by atoms with Gasteiger partial charge >= 0.3 is 0 Å². The summed E-state index contributed by atoms with van der Waals surface area (Å²) in [6, 6.07) is 7.12. The van der Waals surface area contributed by atoms with Crippen LogP contribution in [0, 0.1) is 17.0 Å². The second kappa shape index (κ2) is 4.66. The van der Waals surface area contributed by atoms with E-state index in [1.807, 2.05) is 0 Å². The Labute approximate surface area is 102 Å². The first-order chi connectivity index (χ1) is 8.56. The quantitative estimate of drug-likeness (QED) is 0.661. The third kappa shape index (κ3) is 2.51. The Bertz CT molecular complexity index is 606. The zero-order chi connectivity index (χ0) is 13.1. The van der Waals surface area contributed by atoms with Crippen LogP contribution in [-0.4, -0.2) is 16.0 Å². The lowest BCUT2D eigenvalue weighted by atomic mass is 10.2. The van der Waals surface area contributed by atoms with E-state index in [1.165, 1.54) is 24.3 Å². The van der Waals surface area contributed by atoms with E-state index in [0.29, 0.717) is 11.4 Å². The lowest BCUT2D eigenvalue weighted by Crippen LogP contribution is -2.10. The van der Waals surface area contributed by atoms with E-state index in [4.69, 9.17) is 4.52 Å². The molecule has 0 aliphatic rings. The van der Waals surface area contributed by atoms with E-state index in [-0.39, 0.29) is 11.4 Å². The standard InChI is InChI=1S/C11H9N3O4/c1-7-5-10(18-13-7)11(15)12-8-3-2-4-9(6-8)14(16)17/h2-6H,1H3,(H,12,15). The van der Waals surface area contributed by atoms with E-state index in [0.717, 1.165) is 0 Å². The Morgan fingerprint density at radius 1 is 1.44 bits per heavy atom. The van der Waals surface area contributed by atoms with Gasteiger partial charge in [0.2, 0.25) is 5.76 Å². The highest BCUT2D eigenvalue weighted by Gasteiger charge is 2.13. The first-order valence-electron chi connectivity index (χ1n) is 5.05. The Balaban J connectivity index is 2.16. The molecule has 0 unspecified atom stereocenters. The van der Waals surface area contributed by atoms with Crippen molar-refractivity contribution in [2.24, 2.45) is 0 Å². The van der Waals surface area contributed by atoms with Crippen molar-refractivity contribution >= 4 is 17.3 Å². The van der Waals surface area contributed by atoms with Gasteiger partial charge in [-0.2, -0.15) is 0 Å². The van der Waals surface area contributed by atoms with Crippen molar-refractivity contribution in [2.75, 3.05) is 5.32 Å². The first kappa shape index (κ1) is 11.8. The van der Waals surface area contributed by atoms with Crippen LogP contribution in [0.2, 0.25) is 0 Å². The van der Waals surface area contributed by atoms with E-state index < -0.39 is 10.8 Å². The summed E-state index contributed by atoms with van der Waals surface area (Å²) in [5, 5.41) is 16.6. The number of non-ortho nitro benzene ring substituents is 1. The summed E-state index contributed by atoms with van der Waals surface area (Å²) in [5.74, 6) is -0.449. The molecule has 7 heteroatoms. The average Bonchev–Trinajstić information content (AvgIpc) is 2.76. The number of aromatic nitrogens is 1. The summed E-state index contributed by atoms with van der Waals surface area (Å²) in [4.78, 5) is 21.7. The van der Waals surface area contributed by atoms with Crippen LogP contribution in [0.1, 0.15) is 16.2 Å². The lowest BCUT2D eigenvalue weighted by Gasteiger charge is -2.01. The van der Waals surface area contributed by atoms with Gasteiger partial charge in [-0.15, -0.1) is 0 Å². The summed E-state index contributed by atoms with van der Waals surface area (Å²) in [6.07, 6.45) is 0. The average molecular weight is 247 g/mol. The van der Waals surface area contributed by atoms with Crippen LogP contribution in [0.15, 0.2) is 34.9 Å². The summed E-state index contributed by atoms with van der Waals surface area (Å²) in [7, 11) is 0. The van der Waals surface area contributed by atoms with Crippen molar-refractivity contribution in [3.05, 3.63) is 51.9 Å². The molecule has 0 spiro atoms. The summed E-state index contributed by atoms with van der Waals surface area (Å²) < 4.78 is 4.78. The topological polar surface area (TPSA) is 98.3 Å². The van der Waals surface area contributed by atoms with Gasteiger partial charge < -0.3 is 9.84 Å². The number of hydrogen-bond donors (Lipinski definition) is 1. The first-order valence-corrected chi connectivity index (χ1v) is 5.05. The lowest BCUT2D eigenvalue weighted by molar-refractivity contribution is -0.384. The number of nitrogens with one attached hydrogen (secondary N) is 1. The predicted molar refractivity (Wildman–Crippen MR) is 62.3 cm³/mol. The van der Waals surface area contributed by atoms with E-state index in [1.54, 1.807) is 13.0 Å². The minimum Gasteiger partial charge on any atom is -0.351 e. The van der Waals surface area contributed by atoms with Crippen LogP contribution in [0.25, 0.3) is 0 Å². The largest absolute Gasteiger partial charge is 0.351 e. The molecule has 1 heterocycles. The van der Waals surface area contributed by atoms with Gasteiger partial charge in [-0.05, 0) is 13.0 Å². The number of anilines is 1. The van der Waals surface area contributed by atoms with Crippen LogP contribution in [-0.2, 0) is 0 Å². The second-order valence-corrected chi connectivity index (χ2v) is 3.59. The molecule has 2 aromatic rings. The molecule has 0 aliphatic carbocycles. The highest BCUT2D eigenvalue weighted by Crippen LogP contribution is 2.17. The number of benzene rings is 1. The molecular formula is C11H9N3O4. The molecule has 0 bridgehead atoms. The molecule has 1 N–H and O–H groups in total. The molecule has 2 rings (SSSR count). The molecular weight excluding hydrogens is 238 g/mol. The smallest absolute Gasteiger partial charge is 0.294 e. The normalized spacial score (nSPS) is 10.1. The molecule has 0 atom stereocenters. The van der Waals surface area contributed by atoms with Crippen molar-refractivity contribution in [1.82, 2.24) is 5.16 Å². The van der Waals surface area contributed by atoms with Crippen molar-refractivity contribution < 1.29 is 14.2 Å². The minimum atomic E-state index is -0.533. The summed E-state index contributed by atoms with van der Waals surface area (Å²) in [5.41, 5.74) is 0.809. The van der Waals surface area contributed by atoms with E-state index in [9.17, 15) is 14.9 Å². The van der Waals surface area contributed by atoms with Crippen molar-refractivity contribution in [3.8, 4) is 0 Å². The van der Waals surface area contributed by atoms with Crippen molar-refractivity contribution in [2.45, 2.75) is 6.92 Å². The molecule has 0 aliphatic heterocycles. The zero-order valence-corrected chi connectivity index (χ0v) is 9.41. The van der Waals surface area contributed by atoms with E-state index in [2.05, 4.69) is 10.5 Å². The molecule has 18 heavy (non-hydrogen) atoms. The summed E-state index contributed by atoms with van der Waals surface area (Å²) in [6.45, 7) is 1.69. The molecule has 1 aromatic carbocycles. The second-order valence-electron chi connectivity index (χ2n) is 3.59. The Hall–Kier alpha value is -2.70. The fraction of sp³-hybridized carbons (Fsp3) is 0.0909. The maximum Gasteiger partial charge on any atom is 0.294 e. The maximum absolute atomic E-state index is 11.7. The Kier molecular flexibility index (Phi) is 3.05. The number of carbonyl (C=O) groups is 1. The molecule has 0 radical (unpaired) electrons. The SMILES string of the molecule is Cc1cc(C(=O)Nc2cccc([N+](=O)[O-])c2)on1. The molecule has 0 fully saturated rings. The third-order valence-electron chi connectivity index (χ3n) is 2.17. The number of rotatable bonds is 3. The van der Waals surface area contributed by atoms with Gasteiger partial charge in [0.1, 0.15) is 0 Å². The van der Waals surface area contributed by atoms with Gasteiger partial charge in [-0.25, -0.2) is 0 Å². The fourth-order valence-electron chi connectivity index (χ4n) is 1.36. The van der Waals surface area contributed by atoms with Gasteiger partial charge in [0, 0.05) is 23.9 Å². The molecule has 7 nitrogen and oxygen atoms in total. The fourth-order valence-corrected chi connectivity index (χ4v) is 1.36. The highest BCUT2D eigenvalue weighted by molar-refractivity contribution is 6.02. The monoisotopic (exact) mass is 247 g/mol. The zero-order valence-electron chi connectivity index (χ0n) is 9.41. The summed E-state index contributed by atoms with van der Waals surface area (Å²) >= 11 is 0. The predicted octanol–water partition coefficient (Wildman–Crippen LogP) is 2.14. The van der Waals surface area contributed by atoms with E-state index >= 15 is 0 Å². The number of amides is 1. The highest BCUT2D eigenvalue weighted by atomic mass is 16.6. The third-order valence-corrected chi connectivity index (χ3v) is 2.17. The Morgan fingerprint density at radius 3 is 2.83 bits per heavy atom. The Morgan fingerprint density at radius 2 is 2.22 bits per heavy atom. The van der Waals surface area contributed by atoms with Crippen molar-refractivity contribution in [1.29, 1.82) is 0 Å². The van der Waals surface area contributed by atoms with Crippen LogP contribution >= 0.6 is 0 Å². The van der Waals surface area contributed by atoms with Gasteiger partial charge in [0.05, 0.1) is 10.6 Å². The van der Waals surface area contributed by atoms with Crippen LogP contribution in [0.3, 0.4) is 0 Å². The molecule has 1 amide bonds. The van der Waals surface area contributed by atoms with Gasteiger partial charge in [-0.3, -0.25) is 14.9 Å². The van der Waals surface area contributed by atoms with Gasteiger partial charge in [-0.1, -0.05) is 11.2 Å². The van der Waals surface area contributed by atoms with Gasteiger partial charge in [0.15, 0.2) is 0 Å². The minimum absolute atomic E-state index is 0.0546. The van der Waals surface area contributed by atoms with Crippen molar-refractivity contribution in [3.63, 3.8) is 0 Å². The molecule has 92 valence electrons. The molecule has 0 saturated carbocycles. The number of aryl methyl sites for hydroxylation is 1. The molecule has 1 aromatic heterocycles. The van der Waals surface area contributed by atoms with Gasteiger partial charge in [0.25, 0.3) is 11.6 Å². The van der Waals surface area contributed by atoms with Crippen LogP contribution < -0.4 is 5.32 Å². The van der Waals surface area contributed by atoms with Crippen LogP contribution in [0.5, 0.6) is 0 Å². The maximum atomic E-state index is 11.7. The number of nitrogens with zero attached hydrogens (tertiary/aromatic N) is 2. The number of hydrogen-bond acceptors (Lipinski definition) is 5.